The van der Waals surface area contributed by atoms with Gasteiger partial charge in [0.05, 0.1) is 6.10 Å². The molecule has 0 saturated heterocycles. The lowest BCUT2D eigenvalue weighted by atomic mass is 10.1. The molecule has 4 nitrogen and oxygen atoms in total. The van der Waals surface area contributed by atoms with Crippen LogP contribution in [0, 0.1) is 6.92 Å². The van der Waals surface area contributed by atoms with E-state index >= 15 is 0 Å². The van der Waals surface area contributed by atoms with Gasteiger partial charge in [0.25, 0.3) is 0 Å². The van der Waals surface area contributed by atoms with E-state index < -0.39 is 6.10 Å². The summed E-state index contributed by atoms with van der Waals surface area (Å²) in [7, 11) is 1.66. The first-order valence-corrected chi connectivity index (χ1v) is 5.71. The zero-order valence-electron chi connectivity index (χ0n) is 10.6. The van der Waals surface area contributed by atoms with E-state index in [0.717, 1.165) is 5.56 Å². The van der Waals surface area contributed by atoms with Crippen LogP contribution >= 0.6 is 0 Å². The summed E-state index contributed by atoms with van der Waals surface area (Å²) in [6, 6.07) is 7.84. The van der Waals surface area contributed by atoms with E-state index in [2.05, 4.69) is 5.32 Å². The second-order valence-electron chi connectivity index (χ2n) is 4.37. The number of urea groups is 1. The Morgan fingerprint density at radius 1 is 1.41 bits per heavy atom. The van der Waals surface area contributed by atoms with Gasteiger partial charge in [-0.3, -0.25) is 0 Å². The Hall–Kier alpha value is -1.55. The number of aliphatic hydroxyl groups is 1. The number of nitrogens with zero attached hydrogens (tertiary/aromatic N) is 1. The Labute approximate surface area is 102 Å². The third-order valence-corrected chi connectivity index (χ3v) is 2.45. The number of hydrogen-bond acceptors (Lipinski definition) is 2. The highest BCUT2D eigenvalue weighted by Crippen LogP contribution is 2.02. The van der Waals surface area contributed by atoms with E-state index in [9.17, 15) is 4.79 Å². The molecule has 0 bridgehead atoms. The molecule has 17 heavy (non-hydrogen) atoms. The lowest BCUT2D eigenvalue weighted by Crippen LogP contribution is -2.40. The molecule has 0 fully saturated rings. The van der Waals surface area contributed by atoms with Crippen molar-refractivity contribution in [1.82, 2.24) is 10.2 Å². The number of hydrogen-bond donors (Lipinski definition) is 2. The van der Waals surface area contributed by atoms with Crippen molar-refractivity contribution in [2.75, 3.05) is 13.6 Å². The highest BCUT2D eigenvalue weighted by atomic mass is 16.3. The predicted molar refractivity (Wildman–Crippen MR) is 67.7 cm³/mol. The van der Waals surface area contributed by atoms with Crippen LogP contribution < -0.4 is 5.32 Å². The van der Waals surface area contributed by atoms with Crippen LogP contribution in [0.5, 0.6) is 0 Å². The second-order valence-corrected chi connectivity index (χ2v) is 4.37. The van der Waals surface area contributed by atoms with Crippen molar-refractivity contribution in [1.29, 1.82) is 0 Å². The van der Waals surface area contributed by atoms with Gasteiger partial charge in [-0.25, -0.2) is 4.79 Å². The smallest absolute Gasteiger partial charge is 0.317 e. The summed E-state index contributed by atoms with van der Waals surface area (Å²) in [6.07, 6.45) is -0.509. The standard InChI is InChI=1S/C13H20N2O2/c1-10-4-6-12(7-5-10)8-14-13(17)15(3)9-11(2)16/h4-7,11,16H,8-9H2,1-3H3,(H,14,17). The molecule has 0 aromatic heterocycles. The van der Waals surface area contributed by atoms with Crippen LogP contribution in [0.25, 0.3) is 0 Å². The zero-order valence-corrected chi connectivity index (χ0v) is 10.6. The van der Waals surface area contributed by atoms with E-state index in [4.69, 9.17) is 5.11 Å². The number of carbonyl (C=O) groups is 1. The first-order valence-electron chi connectivity index (χ1n) is 5.71. The third kappa shape index (κ3) is 4.87. The number of amides is 2. The summed E-state index contributed by atoms with van der Waals surface area (Å²) < 4.78 is 0. The van der Waals surface area contributed by atoms with Gasteiger partial charge < -0.3 is 15.3 Å². The highest BCUT2D eigenvalue weighted by Gasteiger charge is 2.09. The fraction of sp³-hybridized carbons (Fsp3) is 0.462. The molecule has 0 heterocycles. The summed E-state index contributed by atoms with van der Waals surface area (Å²) in [5.41, 5.74) is 2.26. The van der Waals surface area contributed by atoms with Gasteiger partial charge in [-0.15, -0.1) is 0 Å². The maximum Gasteiger partial charge on any atom is 0.317 e. The molecule has 0 aliphatic rings. The van der Waals surface area contributed by atoms with Crippen LogP contribution in [0.3, 0.4) is 0 Å². The fourth-order valence-corrected chi connectivity index (χ4v) is 1.50. The topological polar surface area (TPSA) is 52.6 Å². The lowest BCUT2D eigenvalue weighted by Gasteiger charge is -2.19. The molecule has 1 unspecified atom stereocenters. The second kappa shape index (κ2) is 6.25. The molecule has 1 aromatic rings. The maximum absolute atomic E-state index is 11.6. The fourth-order valence-electron chi connectivity index (χ4n) is 1.50. The molecule has 0 aliphatic carbocycles. The molecule has 0 saturated carbocycles. The van der Waals surface area contributed by atoms with Gasteiger partial charge in [-0.05, 0) is 19.4 Å². The first kappa shape index (κ1) is 13.5. The maximum atomic E-state index is 11.6. The normalized spacial score (nSPS) is 12.0. The monoisotopic (exact) mass is 236 g/mol. The van der Waals surface area contributed by atoms with E-state index in [1.165, 1.54) is 10.5 Å². The number of aryl methyl sites for hydroxylation is 1. The van der Waals surface area contributed by atoms with Crippen LogP contribution in [0.2, 0.25) is 0 Å². The molecule has 1 aromatic carbocycles. The number of carbonyl (C=O) groups excluding carboxylic acids is 1. The van der Waals surface area contributed by atoms with Gasteiger partial charge in [0, 0.05) is 20.1 Å². The average Bonchev–Trinajstić information content (AvgIpc) is 2.27. The third-order valence-electron chi connectivity index (χ3n) is 2.45. The van der Waals surface area contributed by atoms with Crippen molar-refractivity contribution in [2.24, 2.45) is 0 Å². The molecular weight excluding hydrogens is 216 g/mol. The van der Waals surface area contributed by atoms with Crippen molar-refractivity contribution in [3.05, 3.63) is 35.4 Å². The summed E-state index contributed by atoms with van der Waals surface area (Å²) in [5.74, 6) is 0. The molecule has 1 rings (SSSR count). The van der Waals surface area contributed by atoms with E-state index in [1.807, 2.05) is 31.2 Å². The molecule has 94 valence electrons. The minimum Gasteiger partial charge on any atom is -0.392 e. The summed E-state index contributed by atoms with van der Waals surface area (Å²) in [5, 5.41) is 12.0. The van der Waals surface area contributed by atoms with Gasteiger partial charge in [0.1, 0.15) is 0 Å². The molecule has 1 atom stereocenters. The van der Waals surface area contributed by atoms with Crippen molar-refractivity contribution in [3.8, 4) is 0 Å². The number of benzene rings is 1. The molecular formula is C13H20N2O2. The van der Waals surface area contributed by atoms with E-state index in [1.54, 1.807) is 14.0 Å². The Kier molecular flexibility index (Phi) is 4.97. The van der Waals surface area contributed by atoms with Crippen LogP contribution in [0.4, 0.5) is 4.79 Å². The number of nitrogens with one attached hydrogen (secondary N) is 1. The van der Waals surface area contributed by atoms with Crippen LogP contribution in [-0.2, 0) is 6.54 Å². The molecule has 0 aliphatic heterocycles. The van der Waals surface area contributed by atoms with Gasteiger partial charge in [-0.2, -0.15) is 0 Å². The summed E-state index contributed by atoms with van der Waals surface area (Å²) in [4.78, 5) is 13.1. The average molecular weight is 236 g/mol. The van der Waals surface area contributed by atoms with Gasteiger partial charge in [-0.1, -0.05) is 29.8 Å². The number of likely N-dealkylation sites (N-methyl/N-ethyl adjacent to an activating group) is 1. The Morgan fingerprint density at radius 2 is 2.00 bits per heavy atom. The minimum absolute atomic E-state index is 0.175. The van der Waals surface area contributed by atoms with Gasteiger partial charge >= 0.3 is 6.03 Å². The van der Waals surface area contributed by atoms with Crippen molar-refractivity contribution in [2.45, 2.75) is 26.5 Å². The highest BCUT2D eigenvalue weighted by molar-refractivity contribution is 5.73. The lowest BCUT2D eigenvalue weighted by molar-refractivity contribution is 0.143. The summed E-state index contributed by atoms with van der Waals surface area (Å²) >= 11 is 0. The Morgan fingerprint density at radius 3 is 2.53 bits per heavy atom. The molecule has 0 radical (unpaired) electrons. The van der Waals surface area contributed by atoms with Crippen molar-refractivity contribution >= 4 is 6.03 Å². The predicted octanol–water partition coefficient (Wildman–Crippen LogP) is 1.52. The Balaban J connectivity index is 2.40. The molecule has 0 spiro atoms. The van der Waals surface area contributed by atoms with E-state index in [-0.39, 0.29) is 6.03 Å². The van der Waals surface area contributed by atoms with Crippen molar-refractivity contribution in [3.63, 3.8) is 0 Å². The van der Waals surface area contributed by atoms with Gasteiger partial charge in [0.2, 0.25) is 0 Å². The molecule has 4 heteroatoms. The largest absolute Gasteiger partial charge is 0.392 e. The summed E-state index contributed by atoms with van der Waals surface area (Å²) in [6.45, 7) is 4.52. The number of aliphatic hydroxyl groups excluding tert-OH is 1. The van der Waals surface area contributed by atoms with Gasteiger partial charge in [0.15, 0.2) is 0 Å². The van der Waals surface area contributed by atoms with E-state index in [0.29, 0.717) is 13.1 Å². The SMILES string of the molecule is Cc1ccc(CNC(=O)N(C)CC(C)O)cc1. The zero-order chi connectivity index (χ0) is 12.8. The molecule has 2 amide bonds. The van der Waals surface area contributed by atoms with Crippen molar-refractivity contribution < 1.29 is 9.90 Å². The quantitative estimate of drug-likeness (QED) is 0.832. The number of rotatable bonds is 4. The minimum atomic E-state index is -0.509. The first-order chi connectivity index (χ1) is 7.99. The van der Waals surface area contributed by atoms with Crippen LogP contribution in [0.1, 0.15) is 18.1 Å². The van der Waals surface area contributed by atoms with Crippen LogP contribution in [-0.4, -0.2) is 35.7 Å². The van der Waals surface area contributed by atoms with Crippen LogP contribution in [0.15, 0.2) is 24.3 Å². The molecule has 2 N–H and O–H groups in total. The Bertz CT molecular complexity index is 360.